The molecule has 0 aromatic heterocycles. The van der Waals surface area contributed by atoms with Gasteiger partial charge in [-0.25, -0.2) is 4.79 Å². The minimum atomic E-state index is -4.90. The van der Waals surface area contributed by atoms with Crippen LogP contribution in [-0.2, 0) is 51.7 Å². The van der Waals surface area contributed by atoms with Gasteiger partial charge in [0.25, 0.3) is 7.82 Å². The number of rotatable bonds is 51. The maximum atomic E-state index is 12.8. The van der Waals surface area contributed by atoms with E-state index >= 15 is 0 Å². The van der Waals surface area contributed by atoms with E-state index in [0.717, 1.165) is 38.5 Å². The van der Waals surface area contributed by atoms with Crippen molar-refractivity contribution in [2.45, 2.75) is 238 Å². The Morgan fingerprint density at radius 2 is 0.912 bits per heavy atom. The third-order valence-electron chi connectivity index (χ3n) is 11.3. The summed E-state index contributed by atoms with van der Waals surface area (Å²) in [5.41, 5.74) is 0. The van der Waals surface area contributed by atoms with Crippen LogP contribution >= 0.6 is 7.82 Å². The summed E-state index contributed by atoms with van der Waals surface area (Å²) >= 11 is 0. The Labute approximate surface area is 433 Å². The van der Waals surface area contributed by atoms with Crippen molar-refractivity contribution in [2.75, 3.05) is 52.7 Å². The van der Waals surface area contributed by atoms with Crippen molar-refractivity contribution in [3.05, 3.63) is 0 Å². The Hall–Kier alpha value is -1.78. The maximum Gasteiger partial charge on any atom is 1.00 e. The van der Waals surface area contributed by atoms with Gasteiger partial charge in [-0.05, 0) is 12.8 Å². The molecule has 0 fully saturated rings. The SMILES string of the molecule is CCCCCCCCCCCCCCCCCC(=O)OC[C@H](COP(=O)([O-])OCCNC(=O)OCCOCCNC(=O)CCC(=O)O)OC(=O)CCCCCCCCCCCCCCCCC.[Na+]. The first-order valence-electron chi connectivity index (χ1n) is 26.4. The van der Waals surface area contributed by atoms with E-state index in [1.807, 2.05) is 0 Å². The number of ether oxygens (including phenoxy) is 4. The standard InChI is InChI=1S/C50H95N2O14P.Na/c1-3-5-7-9-11-13-15-17-19-21-23-25-27-29-31-33-48(56)63-43-45(66-49(57)34-32-30-28-26-24-22-20-18-16-14-12-10-8-6-4-2)44-65-67(59,60)64-40-38-52-50(58)62-42-41-61-39-37-51-46(53)35-36-47(54)55;/h45H,3-44H2,1-2H3,(H,51,53)(H,52,58)(H,54,55)(H,59,60);/q;+1/p-1/t45-;/m1./s1. The maximum absolute atomic E-state index is 12.8. The summed E-state index contributed by atoms with van der Waals surface area (Å²) in [5, 5.41) is 13.4. The van der Waals surface area contributed by atoms with Crippen molar-refractivity contribution in [1.82, 2.24) is 10.6 Å². The van der Waals surface area contributed by atoms with Crippen molar-refractivity contribution in [3.63, 3.8) is 0 Å². The van der Waals surface area contributed by atoms with Gasteiger partial charge in [0.1, 0.15) is 13.2 Å². The van der Waals surface area contributed by atoms with E-state index in [2.05, 4.69) is 24.5 Å². The average Bonchev–Trinajstić information content (AvgIpc) is 3.30. The second-order valence-electron chi connectivity index (χ2n) is 17.7. The number of unbranched alkanes of at least 4 members (excludes halogenated alkanes) is 28. The van der Waals surface area contributed by atoms with Gasteiger partial charge in [-0.1, -0.05) is 194 Å². The summed E-state index contributed by atoms with van der Waals surface area (Å²) in [7, 11) is -4.90. The number of amides is 2. The van der Waals surface area contributed by atoms with Gasteiger partial charge >= 0.3 is 53.6 Å². The van der Waals surface area contributed by atoms with Crippen molar-refractivity contribution in [1.29, 1.82) is 0 Å². The van der Waals surface area contributed by atoms with Crippen LogP contribution in [-0.4, -0.2) is 93.8 Å². The van der Waals surface area contributed by atoms with Crippen molar-refractivity contribution >= 4 is 37.7 Å². The number of hydrogen-bond donors (Lipinski definition) is 3. The molecule has 394 valence electrons. The van der Waals surface area contributed by atoms with E-state index in [0.29, 0.717) is 12.8 Å². The number of alkyl carbamates (subject to hydrolysis) is 1. The molecule has 0 heterocycles. The molecule has 1 unspecified atom stereocenters. The smallest absolute Gasteiger partial charge is 0.756 e. The Morgan fingerprint density at radius 1 is 0.485 bits per heavy atom. The van der Waals surface area contributed by atoms with E-state index in [1.165, 1.54) is 141 Å². The molecule has 0 rings (SSSR count). The number of carboxylic acid groups (broad SMARTS) is 1. The molecule has 2 amide bonds. The van der Waals surface area contributed by atoms with Crippen LogP contribution in [0, 0.1) is 0 Å². The number of carbonyl (C=O) groups excluding carboxylic acids is 4. The number of carbonyl (C=O) groups is 5. The van der Waals surface area contributed by atoms with Crippen LogP contribution in [0.5, 0.6) is 0 Å². The predicted octanol–water partition coefficient (Wildman–Crippen LogP) is 8.19. The van der Waals surface area contributed by atoms with Crippen LogP contribution < -0.4 is 45.1 Å². The van der Waals surface area contributed by atoms with Crippen molar-refractivity contribution < 1.29 is 96.1 Å². The zero-order valence-corrected chi connectivity index (χ0v) is 45.9. The quantitative estimate of drug-likeness (QED) is 0.0172. The van der Waals surface area contributed by atoms with Gasteiger partial charge in [-0.15, -0.1) is 0 Å². The number of carboxylic acids is 1. The summed E-state index contributed by atoms with van der Waals surface area (Å²) in [6, 6.07) is 0. The first kappa shape index (κ1) is 68.3. The van der Waals surface area contributed by atoms with Crippen LogP contribution in [0.4, 0.5) is 4.79 Å². The zero-order chi connectivity index (χ0) is 49.3. The van der Waals surface area contributed by atoms with Crippen LogP contribution in [0.25, 0.3) is 0 Å². The molecule has 18 heteroatoms. The molecule has 16 nitrogen and oxygen atoms in total. The predicted molar refractivity (Wildman–Crippen MR) is 259 cm³/mol. The fraction of sp³-hybridized carbons (Fsp3) is 0.900. The molecule has 0 spiro atoms. The normalized spacial score (nSPS) is 12.4. The van der Waals surface area contributed by atoms with Crippen molar-refractivity contribution in [3.8, 4) is 0 Å². The zero-order valence-electron chi connectivity index (χ0n) is 43.0. The van der Waals surface area contributed by atoms with E-state index < -0.39 is 57.0 Å². The van der Waals surface area contributed by atoms with Crippen molar-refractivity contribution in [2.24, 2.45) is 0 Å². The van der Waals surface area contributed by atoms with E-state index in [1.54, 1.807) is 0 Å². The van der Waals surface area contributed by atoms with E-state index in [4.69, 9.17) is 33.1 Å². The van der Waals surface area contributed by atoms with Gasteiger partial charge in [0.15, 0.2) is 6.10 Å². The van der Waals surface area contributed by atoms with Gasteiger partial charge in [-0.2, -0.15) is 0 Å². The summed E-state index contributed by atoms with van der Waals surface area (Å²) in [5.74, 6) is -2.47. The molecule has 0 aliphatic heterocycles. The van der Waals surface area contributed by atoms with Gasteiger partial charge in [-0.3, -0.25) is 23.7 Å². The summed E-state index contributed by atoms with van der Waals surface area (Å²) < 4.78 is 43.5. The molecule has 68 heavy (non-hydrogen) atoms. The second-order valence-corrected chi connectivity index (χ2v) is 19.1. The molecule has 2 atom stereocenters. The Bertz CT molecular complexity index is 1270. The molecule has 0 saturated heterocycles. The van der Waals surface area contributed by atoms with Crippen LogP contribution in [0.1, 0.15) is 232 Å². The van der Waals surface area contributed by atoms with Gasteiger partial charge < -0.3 is 48.6 Å². The summed E-state index contributed by atoms with van der Waals surface area (Å²) in [4.78, 5) is 71.8. The molecule has 0 aliphatic carbocycles. The molecule has 0 aromatic carbocycles. The third-order valence-corrected chi connectivity index (χ3v) is 12.3. The Morgan fingerprint density at radius 3 is 1.37 bits per heavy atom. The fourth-order valence-corrected chi connectivity index (χ4v) is 8.08. The number of esters is 2. The van der Waals surface area contributed by atoms with E-state index in [9.17, 15) is 33.4 Å². The fourth-order valence-electron chi connectivity index (χ4n) is 7.34. The van der Waals surface area contributed by atoms with Gasteiger partial charge in [0, 0.05) is 32.4 Å². The molecule has 0 radical (unpaired) electrons. The molecule has 0 aromatic rings. The molecule has 0 aliphatic rings. The number of phosphoric ester groups is 1. The van der Waals surface area contributed by atoms with Gasteiger partial charge in [0.2, 0.25) is 5.91 Å². The molecular weight excluding hydrogens is 907 g/mol. The molecule has 0 bridgehead atoms. The molecule has 0 saturated carbocycles. The number of nitrogens with one attached hydrogen (secondary N) is 2. The largest absolute Gasteiger partial charge is 1.00 e. The average molecular weight is 1000 g/mol. The van der Waals surface area contributed by atoms with Gasteiger partial charge in [0.05, 0.1) is 32.8 Å². The molecular formula is C50H94N2NaO14P. The number of hydrogen-bond acceptors (Lipinski definition) is 13. The number of phosphoric acid groups is 1. The molecule has 3 N–H and O–H groups in total. The first-order chi connectivity index (χ1) is 32.5. The Balaban J connectivity index is 0. The number of aliphatic carboxylic acids is 1. The first-order valence-corrected chi connectivity index (χ1v) is 27.9. The minimum absolute atomic E-state index is 0. The third kappa shape index (κ3) is 52.1. The van der Waals surface area contributed by atoms with Crippen LogP contribution in [0.2, 0.25) is 0 Å². The minimum Gasteiger partial charge on any atom is -0.756 e. The van der Waals surface area contributed by atoms with Crippen LogP contribution in [0.3, 0.4) is 0 Å². The topological polar surface area (TPSA) is 225 Å². The summed E-state index contributed by atoms with van der Waals surface area (Å²) in [6.45, 7) is 3.01. The Kier molecular flexibility index (Phi) is 51.8. The van der Waals surface area contributed by atoms with Crippen LogP contribution in [0.15, 0.2) is 0 Å². The monoisotopic (exact) mass is 1000 g/mol. The second kappa shape index (κ2) is 51.6. The van der Waals surface area contributed by atoms with E-state index in [-0.39, 0.29) is 94.8 Å². The summed E-state index contributed by atoms with van der Waals surface area (Å²) in [6.07, 6.45) is 34.1.